The zero-order valence-corrected chi connectivity index (χ0v) is 12.4. The highest BCUT2D eigenvalue weighted by Gasteiger charge is 2.25. The van der Waals surface area contributed by atoms with Crippen molar-refractivity contribution in [2.24, 2.45) is 0 Å². The van der Waals surface area contributed by atoms with Gasteiger partial charge in [-0.3, -0.25) is 0 Å². The van der Waals surface area contributed by atoms with Crippen LogP contribution in [0.3, 0.4) is 0 Å². The maximum absolute atomic E-state index is 3.72. The van der Waals surface area contributed by atoms with Gasteiger partial charge in [-0.25, -0.2) is 0 Å². The van der Waals surface area contributed by atoms with E-state index in [0.717, 1.165) is 6.42 Å². The van der Waals surface area contributed by atoms with Gasteiger partial charge in [0.15, 0.2) is 0 Å². The number of nitrogens with one attached hydrogen (secondary N) is 2. The second-order valence-electron chi connectivity index (χ2n) is 5.83. The number of para-hydroxylation sites is 2. The maximum Gasteiger partial charge on any atom is 0.0553 e. The minimum atomic E-state index is 0.377. The normalized spacial score (nSPS) is 20.9. The van der Waals surface area contributed by atoms with Gasteiger partial charge < -0.3 is 10.6 Å². The summed E-state index contributed by atoms with van der Waals surface area (Å²) >= 11 is 0. The molecular formula is C18H22N2. The Hall–Kier alpha value is -1.96. The molecule has 2 heteroatoms. The molecule has 3 rings (SSSR count). The number of aryl methyl sites for hydroxylation is 2. The third kappa shape index (κ3) is 2.38. The second-order valence-corrected chi connectivity index (χ2v) is 5.83. The van der Waals surface area contributed by atoms with Crippen LogP contribution in [0.15, 0.2) is 42.5 Å². The molecule has 0 spiro atoms. The van der Waals surface area contributed by atoms with E-state index in [1.165, 1.54) is 28.1 Å². The first-order chi connectivity index (χ1) is 9.65. The Morgan fingerprint density at radius 2 is 1.75 bits per heavy atom. The van der Waals surface area contributed by atoms with Crippen molar-refractivity contribution in [1.29, 1.82) is 0 Å². The van der Waals surface area contributed by atoms with E-state index >= 15 is 0 Å². The summed E-state index contributed by atoms with van der Waals surface area (Å²) in [7, 11) is 0. The molecule has 0 unspecified atom stereocenters. The standard InChI is InChI=1S/C18H22N2/c1-12-7-4-5-10-16(12)20-17-11-14(3)19-18-13(2)8-6-9-15(17)18/h4-10,14,17,19-20H,11H2,1-3H3/t14-,17+/m0/s1. The number of fused-ring (bicyclic) bond motifs is 1. The molecular weight excluding hydrogens is 244 g/mol. The zero-order chi connectivity index (χ0) is 14.1. The Morgan fingerprint density at radius 1 is 1.00 bits per heavy atom. The summed E-state index contributed by atoms with van der Waals surface area (Å²) < 4.78 is 0. The summed E-state index contributed by atoms with van der Waals surface area (Å²) in [6.07, 6.45) is 1.10. The van der Waals surface area contributed by atoms with Gasteiger partial charge in [-0.1, -0.05) is 36.4 Å². The summed E-state index contributed by atoms with van der Waals surface area (Å²) in [6.45, 7) is 6.58. The first kappa shape index (κ1) is 13.0. The lowest BCUT2D eigenvalue weighted by molar-refractivity contribution is 0.598. The van der Waals surface area contributed by atoms with Crippen LogP contribution in [0.2, 0.25) is 0 Å². The molecule has 0 aliphatic carbocycles. The van der Waals surface area contributed by atoms with Gasteiger partial charge in [0.2, 0.25) is 0 Å². The van der Waals surface area contributed by atoms with Crippen molar-refractivity contribution in [3.8, 4) is 0 Å². The van der Waals surface area contributed by atoms with E-state index in [2.05, 4.69) is 73.9 Å². The minimum absolute atomic E-state index is 0.377. The molecule has 2 aromatic carbocycles. The Bertz CT molecular complexity index is 619. The fourth-order valence-electron chi connectivity index (χ4n) is 3.02. The van der Waals surface area contributed by atoms with Gasteiger partial charge in [0.05, 0.1) is 6.04 Å². The lowest BCUT2D eigenvalue weighted by Crippen LogP contribution is -2.29. The van der Waals surface area contributed by atoms with Crippen LogP contribution in [-0.2, 0) is 0 Å². The van der Waals surface area contributed by atoms with E-state index in [-0.39, 0.29) is 0 Å². The molecule has 1 heterocycles. The average molecular weight is 266 g/mol. The number of rotatable bonds is 2. The number of anilines is 2. The first-order valence-electron chi connectivity index (χ1n) is 7.33. The Kier molecular flexibility index (Phi) is 3.39. The van der Waals surface area contributed by atoms with E-state index in [0.29, 0.717) is 12.1 Å². The fourth-order valence-corrected chi connectivity index (χ4v) is 3.02. The van der Waals surface area contributed by atoms with Crippen LogP contribution in [0.1, 0.15) is 36.1 Å². The number of hydrogen-bond donors (Lipinski definition) is 2. The summed E-state index contributed by atoms with van der Waals surface area (Å²) in [6, 6.07) is 15.9. The van der Waals surface area contributed by atoms with Crippen molar-refractivity contribution in [3.05, 3.63) is 59.2 Å². The van der Waals surface area contributed by atoms with Gasteiger partial charge >= 0.3 is 0 Å². The highest BCUT2D eigenvalue weighted by atomic mass is 15.0. The highest BCUT2D eigenvalue weighted by Crippen LogP contribution is 2.37. The van der Waals surface area contributed by atoms with E-state index in [1.54, 1.807) is 0 Å². The van der Waals surface area contributed by atoms with Crippen molar-refractivity contribution in [3.63, 3.8) is 0 Å². The van der Waals surface area contributed by atoms with Gasteiger partial charge in [-0.2, -0.15) is 0 Å². The van der Waals surface area contributed by atoms with Gasteiger partial charge in [0.1, 0.15) is 0 Å². The quantitative estimate of drug-likeness (QED) is 0.826. The van der Waals surface area contributed by atoms with Gasteiger partial charge in [0.25, 0.3) is 0 Å². The van der Waals surface area contributed by atoms with Crippen molar-refractivity contribution < 1.29 is 0 Å². The molecule has 1 aliphatic rings. The third-order valence-electron chi connectivity index (χ3n) is 4.14. The minimum Gasteiger partial charge on any atom is -0.382 e. The molecule has 0 fully saturated rings. The summed E-state index contributed by atoms with van der Waals surface area (Å²) in [4.78, 5) is 0. The Balaban J connectivity index is 1.96. The largest absolute Gasteiger partial charge is 0.382 e. The van der Waals surface area contributed by atoms with Crippen molar-refractivity contribution in [2.75, 3.05) is 10.6 Å². The molecule has 2 nitrogen and oxygen atoms in total. The molecule has 2 N–H and O–H groups in total. The summed E-state index contributed by atoms with van der Waals surface area (Å²) in [5, 5.41) is 7.34. The molecule has 0 saturated carbocycles. The molecule has 1 aliphatic heterocycles. The first-order valence-corrected chi connectivity index (χ1v) is 7.33. The molecule has 0 saturated heterocycles. The molecule has 0 amide bonds. The summed E-state index contributed by atoms with van der Waals surface area (Å²) in [5.41, 5.74) is 6.54. The average Bonchev–Trinajstić information content (AvgIpc) is 2.42. The molecule has 2 aromatic rings. The number of benzene rings is 2. The molecule has 0 aromatic heterocycles. The maximum atomic E-state index is 3.72. The van der Waals surface area contributed by atoms with Gasteiger partial charge in [-0.15, -0.1) is 0 Å². The molecule has 104 valence electrons. The van der Waals surface area contributed by atoms with Crippen molar-refractivity contribution in [2.45, 2.75) is 39.3 Å². The summed E-state index contributed by atoms with van der Waals surface area (Å²) in [5.74, 6) is 0. The van der Waals surface area contributed by atoms with Gasteiger partial charge in [0, 0.05) is 17.4 Å². The van der Waals surface area contributed by atoms with Crippen LogP contribution in [0, 0.1) is 13.8 Å². The zero-order valence-electron chi connectivity index (χ0n) is 12.4. The fraction of sp³-hybridized carbons (Fsp3) is 0.333. The topological polar surface area (TPSA) is 24.1 Å². The van der Waals surface area contributed by atoms with Crippen molar-refractivity contribution in [1.82, 2.24) is 0 Å². The smallest absolute Gasteiger partial charge is 0.0553 e. The van der Waals surface area contributed by atoms with Crippen LogP contribution < -0.4 is 10.6 Å². The predicted molar refractivity (Wildman–Crippen MR) is 86.4 cm³/mol. The van der Waals surface area contributed by atoms with Crippen LogP contribution in [0.4, 0.5) is 11.4 Å². The molecule has 20 heavy (non-hydrogen) atoms. The Morgan fingerprint density at radius 3 is 2.55 bits per heavy atom. The Labute approximate surface area is 121 Å². The molecule has 0 bridgehead atoms. The predicted octanol–water partition coefficient (Wildman–Crippen LogP) is 4.66. The monoisotopic (exact) mass is 266 g/mol. The third-order valence-corrected chi connectivity index (χ3v) is 4.14. The van der Waals surface area contributed by atoms with Crippen molar-refractivity contribution >= 4 is 11.4 Å². The SMILES string of the molecule is Cc1ccccc1N[C@@H]1C[C@H](C)Nc2c(C)cccc21. The lowest BCUT2D eigenvalue weighted by Gasteiger charge is -2.34. The van der Waals surface area contributed by atoms with Crippen LogP contribution in [0.5, 0.6) is 0 Å². The van der Waals surface area contributed by atoms with Crippen LogP contribution in [-0.4, -0.2) is 6.04 Å². The molecule has 0 radical (unpaired) electrons. The van der Waals surface area contributed by atoms with E-state index in [9.17, 15) is 0 Å². The van der Waals surface area contributed by atoms with Crippen LogP contribution in [0.25, 0.3) is 0 Å². The lowest BCUT2D eigenvalue weighted by atomic mass is 9.91. The highest BCUT2D eigenvalue weighted by molar-refractivity contribution is 5.63. The van der Waals surface area contributed by atoms with Gasteiger partial charge in [-0.05, 0) is 49.9 Å². The van der Waals surface area contributed by atoms with E-state index < -0.39 is 0 Å². The second kappa shape index (κ2) is 5.20. The van der Waals surface area contributed by atoms with Crippen LogP contribution >= 0.6 is 0 Å². The molecule has 2 atom stereocenters. The van der Waals surface area contributed by atoms with E-state index in [4.69, 9.17) is 0 Å². The number of hydrogen-bond acceptors (Lipinski definition) is 2. The van der Waals surface area contributed by atoms with E-state index in [1.807, 2.05) is 0 Å².